The first-order valence-electron chi connectivity index (χ1n) is 8.39. The summed E-state index contributed by atoms with van der Waals surface area (Å²) < 4.78 is 27.4. The van der Waals surface area contributed by atoms with E-state index in [-0.39, 0.29) is 11.8 Å². The fourth-order valence-corrected chi connectivity index (χ4v) is 6.37. The van der Waals surface area contributed by atoms with Gasteiger partial charge in [0, 0.05) is 23.9 Å². The summed E-state index contributed by atoms with van der Waals surface area (Å²) in [5.74, 6) is -0.420. The molecule has 0 bridgehead atoms. The number of amides is 1. The van der Waals surface area contributed by atoms with Gasteiger partial charge in [-0.15, -0.1) is 23.1 Å². The highest BCUT2D eigenvalue weighted by Crippen LogP contribution is 2.30. The summed E-state index contributed by atoms with van der Waals surface area (Å²) >= 11 is 2.71. The molecule has 0 atom stereocenters. The van der Waals surface area contributed by atoms with Crippen LogP contribution in [0.1, 0.15) is 18.4 Å². The van der Waals surface area contributed by atoms with E-state index >= 15 is 0 Å². The van der Waals surface area contributed by atoms with Crippen LogP contribution >= 0.6 is 23.1 Å². The molecule has 1 saturated heterocycles. The number of thioether (sulfide) groups is 1. The number of rotatable bonds is 5. The molecule has 1 N–H and O–H groups in total. The number of hydrogen-bond donors (Lipinski definition) is 1. The summed E-state index contributed by atoms with van der Waals surface area (Å²) in [6.07, 6.45) is 2.77. The van der Waals surface area contributed by atoms with Gasteiger partial charge in [-0.3, -0.25) is 4.79 Å². The Morgan fingerprint density at radius 3 is 2.67 bits per heavy atom. The molecule has 27 heavy (non-hydrogen) atoms. The SMILES string of the molecule is CSc1ccccc1S(=O)(=O)N1CCC(C(=O)Nc2sccc2C#N)CC1. The molecule has 2 aromatic rings. The number of nitrogens with one attached hydrogen (secondary N) is 1. The van der Waals surface area contributed by atoms with E-state index in [9.17, 15) is 13.2 Å². The van der Waals surface area contributed by atoms with Crippen LogP contribution in [-0.2, 0) is 14.8 Å². The fraction of sp³-hybridized carbons (Fsp3) is 0.333. The van der Waals surface area contributed by atoms with Gasteiger partial charge in [-0.25, -0.2) is 8.42 Å². The maximum Gasteiger partial charge on any atom is 0.244 e. The van der Waals surface area contributed by atoms with Crippen molar-refractivity contribution in [1.82, 2.24) is 4.31 Å². The van der Waals surface area contributed by atoms with Gasteiger partial charge in [0.1, 0.15) is 11.1 Å². The number of benzene rings is 1. The van der Waals surface area contributed by atoms with Crippen LogP contribution in [0.4, 0.5) is 5.00 Å². The van der Waals surface area contributed by atoms with Crippen LogP contribution in [0, 0.1) is 17.2 Å². The van der Waals surface area contributed by atoms with Crippen molar-refractivity contribution in [1.29, 1.82) is 5.26 Å². The molecule has 3 rings (SSSR count). The van der Waals surface area contributed by atoms with Gasteiger partial charge in [0.05, 0.1) is 10.5 Å². The zero-order valence-corrected chi connectivity index (χ0v) is 17.2. The molecule has 1 amide bonds. The van der Waals surface area contributed by atoms with E-state index in [4.69, 9.17) is 5.26 Å². The highest BCUT2D eigenvalue weighted by Gasteiger charge is 2.33. The number of hydrogen-bond acceptors (Lipinski definition) is 6. The minimum absolute atomic E-state index is 0.157. The van der Waals surface area contributed by atoms with E-state index in [1.165, 1.54) is 27.4 Å². The normalized spacial score (nSPS) is 16.0. The Morgan fingerprint density at radius 1 is 1.30 bits per heavy atom. The highest BCUT2D eigenvalue weighted by atomic mass is 32.2. The van der Waals surface area contributed by atoms with Gasteiger partial charge in [0.25, 0.3) is 0 Å². The third-order valence-corrected chi connectivity index (χ3v) is 8.25. The van der Waals surface area contributed by atoms with Gasteiger partial charge in [-0.1, -0.05) is 12.1 Å². The van der Waals surface area contributed by atoms with Crippen LogP contribution in [0.2, 0.25) is 0 Å². The average molecular weight is 422 g/mol. The van der Waals surface area contributed by atoms with Crippen molar-refractivity contribution in [2.45, 2.75) is 22.6 Å². The van der Waals surface area contributed by atoms with Crippen molar-refractivity contribution in [3.05, 3.63) is 41.3 Å². The molecule has 0 saturated carbocycles. The number of piperidine rings is 1. The smallest absolute Gasteiger partial charge is 0.244 e. The molecule has 1 aliphatic rings. The molecule has 2 heterocycles. The quantitative estimate of drug-likeness (QED) is 0.748. The number of nitrogens with zero attached hydrogens (tertiary/aromatic N) is 2. The minimum atomic E-state index is -3.57. The molecular formula is C18H19N3O3S3. The summed E-state index contributed by atoms with van der Waals surface area (Å²) in [5, 5.41) is 14.1. The summed E-state index contributed by atoms with van der Waals surface area (Å²) in [4.78, 5) is 13.5. The van der Waals surface area contributed by atoms with Gasteiger partial charge in [0.15, 0.2) is 0 Å². The molecule has 1 fully saturated rings. The van der Waals surface area contributed by atoms with Crippen molar-refractivity contribution >= 4 is 44.0 Å². The van der Waals surface area contributed by atoms with Gasteiger partial charge in [-0.2, -0.15) is 9.57 Å². The third kappa shape index (κ3) is 4.19. The Hall–Kier alpha value is -1.86. The zero-order valence-electron chi connectivity index (χ0n) is 14.7. The molecule has 9 heteroatoms. The van der Waals surface area contributed by atoms with Crippen molar-refractivity contribution < 1.29 is 13.2 Å². The number of carbonyl (C=O) groups excluding carboxylic acids is 1. The first-order chi connectivity index (χ1) is 13.0. The number of sulfonamides is 1. The lowest BCUT2D eigenvalue weighted by Gasteiger charge is -2.30. The van der Waals surface area contributed by atoms with Crippen LogP contribution in [0.15, 0.2) is 45.5 Å². The van der Waals surface area contributed by atoms with Crippen LogP contribution in [0.25, 0.3) is 0 Å². The van der Waals surface area contributed by atoms with Crippen LogP contribution < -0.4 is 5.32 Å². The third-order valence-electron chi connectivity index (χ3n) is 4.53. The lowest BCUT2D eigenvalue weighted by Crippen LogP contribution is -2.41. The predicted molar refractivity (Wildman–Crippen MR) is 107 cm³/mol. The average Bonchev–Trinajstić information content (AvgIpc) is 3.15. The largest absolute Gasteiger partial charge is 0.316 e. The van der Waals surface area contributed by atoms with E-state index in [0.29, 0.717) is 41.4 Å². The number of anilines is 1. The van der Waals surface area contributed by atoms with E-state index in [1.807, 2.05) is 18.4 Å². The molecule has 0 aliphatic carbocycles. The molecule has 142 valence electrons. The van der Waals surface area contributed by atoms with Crippen LogP contribution in [-0.4, -0.2) is 38.0 Å². The molecule has 1 aromatic heterocycles. The van der Waals surface area contributed by atoms with Crippen LogP contribution in [0.3, 0.4) is 0 Å². The summed E-state index contributed by atoms with van der Waals surface area (Å²) in [7, 11) is -3.57. The minimum Gasteiger partial charge on any atom is -0.316 e. The first kappa shape index (κ1) is 19.9. The lowest BCUT2D eigenvalue weighted by atomic mass is 9.97. The second-order valence-electron chi connectivity index (χ2n) is 6.09. The van der Waals surface area contributed by atoms with Crippen LogP contribution in [0.5, 0.6) is 0 Å². The molecule has 1 aromatic carbocycles. The Bertz CT molecular complexity index is 971. The number of carbonyl (C=O) groups is 1. The lowest BCUT2D eigenvalue weighted by molar-refractivity contribution is -0.120. The maximum atomic E-state index is 13.0. The van der Waals surface area contributed by atoms with Crippen molar-refractivity contribution in [2.75, 3.05) is 24.7 Å². The molecule has 0 radical (unpaired) electrons. The summed E-state index contributed by atoms with van der Waals surface area (Å²) in [6, 6.07) is 10.7. The van der Waals surface area contributed by atoms with E-state index in [2.05, 4.69) is 5.32 Å². The summed E-state index contributed by atoms with van der Waals surface area (Å²) in [5.41, 5.74) is 0.446. The van der Waals surface area contributed by atoms with Gasteiger partial charge in [-0.05, 0) is 42.7 Å². The van der Waals surface area contributed by atoms with E-state index in [0.717, 1.165) is 4.90 Å². The number of thiophene rings is 1. The van der Waals surface area contributed by atoms with Gasteiger partial charge >= 0.3 is 0 Å². The Labute approximate surface area is 167 Å². The van der Waals surface area contributed by atoms with Crippen molar-refractivity contribution in [3.63, 3.8) is 0 Å². The molecule has 0 spiro atoms. The van der Waals surface area contributed by atoms with E-state index in [1.54, 1.807) is 29.6 Å². The van der Waals surface area contributed by atoms with Crippen molar-refractivity contribution in [2.24, 2.45) is 5.92 Å². The second-order valence-corrected chi connectivity index (χ2v) is 9.76. The maximum absolute atomic E-state index is 13.0. The van der Waals surface area contributed by atoms with Gasteiger partial charge in [0.2, 0.25) is 15.9 Å². The summed E-state index contributed by atoms with van der Waals surface area (Å²) in [6.45, 7) is 0.608. The highest BCUT2D eigenvalue weighted by molar-refractivity contribution is 7.99. The molecule has 6 nitrogen and oxygen atoms in total. The van der Waals surface area contributed by atoms with Gasteiger partial charge < -0.3 is 5.32 Å². The first-order valence-corrected chi connectivity index (χ1v) is 11.9. The Kier molecular flexibility index (Phi) is 6.22. The zero-order chi connectivity index (χ0) is 19.4. The van der Waals surface area contributed by atoms with Crippen molar-refractivity contribution in [3.8, 4) is 6.07 Å². The Balaban J connectivity index is 1.66. The fourth-order valence-electron chi connectivity index (χ4n) is 3.04. The topological polar surface area (TPSA) is 90.3 Å². The number of nitriles is 1. The monoisotopic (exact) mass is 421 g/mol. The molecule has 0 unspecified atom stereocenters. The molecular weight excluding hydrogens is 402 g/mol. The van der Waals surface area contributed by atoms with E-state index < -0.39 is 10.0 Å². The predicted octanol–water partition coefficient (Wildman–Crippen LogP) is 3.38. The molecule has 1 aliphatic heterocycles. The Morgan fingerprint density at radius 2 is 2.00 bits per heavy atom. The second kappa shape index (κ2) is 8.44. The standard InChI is InChI=1S/C18H19N3O3S3/c1-25-15-4-2-3-5-16(15)27(23,24)21-9-6-13(7-10-21)17(22)20-18-14(12-19)8-11-26-18/h2-5,8,11,13H,6-7,9-10H2,1H3,(H,20,22).